The topological polar surface area (TPSA) is 78.4 Å². The molecule has 0 fully saturated rings. The third kappa shape index (κ3) is 6.86. The number of carbonyl (C=O) groups excluding carboxylic acids is 1. The van der Waals surface area contributed by atoms with Gasteiger partial charge in [0.2, 0.25) is 0 Å². The van der Waals surface area contributed by atoms with E-state index in [1.807, 2.05) is 13.8 Å². The van der Waals surface area contributed by atoms with Crippen LogP contribution in [0.15, 0.2) is 12.7 Å². The van der Waals surface area contributed by atoms with Crippen LogP contribution >= 0.6 is 0 Å². The Morgan fingerprint density at radius 2 is 2.06 bits per heavy atom. The average Bonchev–Trinajstić information content (AvgIpc) is 2.16. The number of hydrogen-bond acceptors (Lipinski definition) is 2. The van der Waals surface area contributed by atoms with Crippen molar-refractivity contribution in [1.29, 1.82) is 0 Å². The Bertz CT molecular complexity index is 252. The molecule has 0 aliphatic heterocycles. The minimum absolute atomic E-state index is 0.217. The molecule has 0 aliphatic rings. The lowest BCUT2D eigenvalue weighted by atomic mass is 10.0. The number of urea groups is 1. The summed E-state index contributed by atoms with van der Waals surface area (Å²) in [5.41, 5.74) is 0. The first-order valence-corrected chi connectivity index (χ1v) is 5.35. The van der Waals surface area contributed by atoms with E-state index in [1.165, 1.54) is 0 Å². The van der Waals surface area contributed by atoms with Crippen LogP contribution in [0.3, 0.4) is 0 Å². The summed E-state index contributed by atoms with van der Waals surface area (Å²) in [5.74, 6) is -0.790. The molecule has 0 aromatic carbocycles. The Kier molecular flexibility index (Phi) is 7.00. The van der Waals surface area contributed by atoms with Crippen molar-refractivity contribution in [3.63, 3.8) is 0 Å². The highest BCUT2D eigenvalue weighted by molar-refractivity contribution is 5.82. The predicted molar refractivity (Wildman–Crippen MR) is 62.2 cm³/mol. The van der Waals surface area contributed by atoms with Gasteiger partial charge in [0.1, 0.15) is 6.04 Å². The van der Waals surface area contributed by atoms with Gasteiger partial charge in [0.25, 0.3) is 0 Å². The largest absolute Gasteiger partial charge is 0.480 e. The van der Waals surface area contributed by atoms with E-state index in [4.69, 9.17) is 5.11 Å². The van der Waals surface area contributed by atoms with Gasteiger partial charge in [-0.05, 0) is 18.8 Å². The van der Waals surface area contributed by atoms with Crippen molar-refractivity contribution in [1.82, 2.24) is 10.6 Å². The van der Waals surface area contributed by atoms with Gasteiger partial charge in [0.05, 0.1) is 0 Å². The Labute approximate surface area is 95.9 Å². The zero-order valence-electron chi connectivity index (χ0n) is 9.82. The monoisotopic (exact) mass is 228 g/mol. The summed E-state index contributed by atoms with van der Waals surface area (Å²) in [4.78, 5) is 22.1. The molecule has 0 saturated heterocycles. The third-order valence-corrected chi connectivity index (χ3v) is 1.94. The Hall–Kier alpha value is -1.52. The van der Waals surface area contributed by atoms with E-state index in [0.29, 0.717) is 19.4 Å². The Balaban J connectivity index is 4.03. The van der Waals surface area contributed by atoms with Gasteiger partial charge in [-0.25, -0.2) is 9.59 Å². The fraction of sp³-hybridized carbons (Fsp3) is 0.636. The number of carboxylic acid groups (broad SMARTS) is 1. The fourth-order valence-electron chi connectivity index (χ4n) is 1.19. The smallest absolute Gasteiger partial charge is 0.326 e. The molecule has 0 bridgehead atoms. The van der Waals surface area contributed by atoms with Crippen LogP contribution in [0, 0.1) is 5.92 Å². The lowest BCUT2D eigenvalue weighted by molar-refractivity contribution is -0.139. The maximum absolute atomic E-state index is 11.3. The lowest BCUT2D eigenvalue weighted by Crippen LogP contribution is -2.46. The van der Waals surface area contributed by atoms with Gasteiger partial charge >= 0.3 is 12.0 Å². The highest BCUT2D eigenvalue weighted by atomic mass is 16.4. The van der Waals surface area contributed by atoms with Crippen LogP contribution in [0.1, 0.15) is 26.7 Å². The van der Waals surface area contributed by atoms with E-state index in [1.54, 1.807) is 6.08 Å². The SMILES string of the molecule is C=CCCNC(=O)N[C@H](CC(C)C)C(=O)O. The van der Waals surface area contributed by atoms with E-state index >= 15 is 0 Å². The Morgan fingerprint density at radius 3 is 2.50 bits per heavy atom. The van der Waals surface area contributed by atoms with Crippen LogP contribution in [-0.4, -0.2) is 29.7 Å². The maximum Gasteiger partial charge on any atom is 0.326 e. The van der Waals surface area contributed by atoms with Crippen molar-refractivity contribution in [2.24, 2.45) is 5.92 Å². The Morgan fingerprint density at radius 1 is 1.44 bits per heavy atom. The third-order valence-electron chi connectivity index (χ3n) is 1.94. The predicted octanol–water partition coefficient (Wildman–Crippen LogP) is 1.36. The van der Waals surface area contributed by atoms with Gasteiger partial charge in [-0.3, -0.25) is 0 Å². The molecule has 16 heavy (non-hydrogen) atoms. The van der Waals surface area contributed by atoms with Crippen molar-refractivity contribution in [2.75, 3.05) is 6.54 Å². The van der Waals surface area contributed by atoms with Gasteiger partial charge in [-0.15, -0.1) is 6.58 Å². The molecule has 92 valence electrons. The quantitative estimate of drug-likeness (QED) is 0.455. The molecule has 0 unspecified atom stereocenters. The fourth-order valence-corrected chi connectivity index (χ4v) is 1.19. The molecule has 0 rings (SSSR count). The molecule has 0 heterocycles. The first kappa shape index (κ1) is 14.5. The van der Waals surface area contributed by atoms with Crippen molar-refractivity contribution in [2.45, 2.75) is 32.7 Å². The molecule has 5 nitrogen and oxygen atoms in total. The molecule has 5 heteroatoms. The number of carbonyl (C=O) groups is 2. The normalized spacial score (nSPS) is 11.9. The summed E-state index contributed by atoms with van der Waals surface area (Å²) in [7, 11) is 0. The summed E-state index contributed by atoms with van der Waals surface area (Å²) in [6.45, 7) is 7.80. The average molecular weight is 228 g/mol. The van der Waals surface area contributed by atoms with E-state index < -0.39 is 18.0 Å². The number of aliphatic carboxylic acids is 1. The standard InChI is InChI=1S/C11H20N2O3/c1-4-5-6-12-11(16)13-9(10(14)15)7-8(2)3/h4,8-9H,1,5-7H2,2-3H3,(H,14,15)(H2,12,13,16)/t9-/m1/s1. The van der Waals surface area contributed by atoms with Crippen molar-refractivity contribution < 1.29 is 14.7 Å². The van der Waals surface area contributed by atoms with E-state index in [9.17, 15) is 9.59 Å². The zero-order chi connectivity index (χ0) is 12.6. The molecule has 0 aliphatic carbocycles. The summed E-state index contributed by atoms with van der Waals surface area (Å²) >= 11 is 0. The second kappa shape index (κ2) is 7.73. The van der Waals surface area contributed by atoms with Crippen LogP contribution in [0.4, 0.5) is 4.79 Å². The van der Waals surface area contributed by atoms with Gasteiger partial charge < -0.3 is 15.7 Å². The molecule has 0 radical (unpaired) electrons. The molecule has 0 aromatic rings. The maximum atomic E-state index is 11.3. The molecule has 1 atom stereocenters. The molecule has 2 amide bonds. The van der Waals surface area contributed by atoms with E-state index in [0.717, 1.165) is 0 Å². The summed E-state index contributed by atoms with van der Waals surface area (Å²) < 4.78 is 0. The molecular weight excluding hydrogens is 208 g/mol. The first-order chi connectivity index (χ1) is 7.47. The first-order valence-electron chi connectivity index (χ1n) is 5.35. The minimum atomic E-state index is -1.01. The summed E-state index contributed by atoms with van der Waals surface area (Å²) in [6, 6.07) is -1.28. The van der Waals surface area contributed by atoms with Crippen molar-refractivity contribution in [3.05, 3.63) is 12.7 Å². The highest BCUT2D eigenvalue weighted by Gasteiger charge is 2.20. The number of rotatable bonds is 7. The van der Waals surface area contributed by atoms with Gasteiger partial charge in [0.15, 0.2) is 0 Å². The van der Waals surface area contributed by atoms with Crippen LogP contribution in [0.2, 0.25) is 0 Å². The molecule has 3 N–H and O–H groups in total. The highest BCUT2D eigenvalue weighted by Crippen LogP contribution is 2.04. The van der Waals surface area contributed by atoms with Crippen molar-refractivity contribution in [3.8, 4) is 0 Å². The summed E-state index contributed by atoms with van der Waals surface area (Å²) in [6.07, 6.45) is 2.77. The van der Waals surface area contributed by atoms with Crippen LogP contribution in [0.5, 0.6) is 0 Å². The number of amides is 2. The molecule has 0 saturated carbocycles. The van der Waals surface area contributed by atoms with E-state index in [-0.39, 0.29) is 5.92 Å². The second-order valence-electron chi connectivity index (χ2n) is 4.00. The number of hydrogen-bond donors (Lipinski definition) is 3. The van der Waals surface area contributed by atoms with Gasteiger partial charge in [0, 0.05) is 6.54 Å². The van der Waals surface area contributed by atoms with Gasteiger partial charge in [-0.2, -0.15) is 0 Å². The zero-order valence-corrected chi connectivity index (χ0v) is 9.82. The van der Waals surface area contributed by atoms with E-state index in [2.05, 4.69) is 17.2 Å². The molecular formula is C11H20N2O3. The van der Waals surface area contributed by atoms with Crippen LogP contribution < -0.4 is 10.6 Å². The molecule has 0 spiro atoms. The molecule has 0 aromatic heterocycles. The van der Waals surface area contributed by atoms with Gasteiger partial charge in [-0.1, -0.05) is 19.9 Å². The minimum Gasteiger partial charge on any atom is -0.480 e. The second-order valence-corrected chi connectivity index (χ2v) is 4.00. The van der Waals surface area contributed by atoms with Crippen LogP contribution in [0.25, 0.3) is 0 Å². The lowest BCUT2D eigenvalue weighted by Gasteiger charge is -2.16. The van der Waals surface area contributed by atoms with Crippen molar-refractivity contribution >= 4 is 12.0 Å². The summed E-state index contributed by atoms with van der Waals surface area (Å²) in [5, 5.41) is 13.9. The number of nitrogens with one attached hydrogen (secondary N) is 2. The number of carboxylic acids is 1. The van der Waals surface area contributed by atoms with Crippen LogP contribution in [-0.2, 0) is 4.79 Å².